The average molecular weight is 212 g/mol. The molecule has 0 atom stereocenters. The van der Waals surface area contributed by atoms with Crippen molar-refractivity contribution in [1.82, 2.24) is 0 Å². The van der Waals surface area contributed by atoms with Crippen LogP contribution in [-0.2, 0) is 4.65 Å². The van der Waals surface area contributed by atoms with Crippen molar-refractivity contribution in [2.24, 2.45) is 0 Å². The smallest absolute Gasteiger partial charge is 0.293 e. The minimum atomic E-state index is 0.533. The third kappa shape index (κ3) is 10.3. The van der Waals surface area contributed by atoms with Crippen LogP contribution >= 0.6 is 0 Å². The second-order valence-corrected chi connectivity index (χ2v) is 4.48. The van der Waals surface area contributed by atoms with Crippen LogP contribution in [0.5, 0.6) is 0 Å². The SMILES string of the molecule is CCCCCCCOB(CCC)CCC. The summed E-state index contributed by atoms with van der Waals surface area (Å²) in [4.78, 5) is 0. The van der Waals surface area contributed by atoms with Crippen molar-refractivity contribution >= 4 is 6.92 Å². The van der Waals surface area contributed by atoms with Crippen LogP contribution in [0.25, 0.3) is 0 Å². The Morgan fingerprint density at radius 2 is 1.33 bits per heavy atom. The molecule has 0 rings (SSSR count). The second kappa shape index (κ2) is 12.1. The monoisotopic (exact) mass is 212 g/mol. The van der Waals surface area contributed by atoms with Gasteiger partial charge in [-0.15, -0.1) is 0 Å². The van der Waals surface area contributed by atoms with Crippen molar-refractivity contribution in [1.29, 1.82) is 0 Å². The zero-order chi connectivity index (χ0) is 11.4. The van der Waals surface area contributed by atoms with Crippen LogP contribution in [0.3, 0.4) is 0 Å². The molecule has 0 aliphatic heterocycles. The maximum absolute atomic E-state index is 5.90. The largest absolute Gasteiger partial charge is 0.436 e. The lowest BCUT2D eigenvalue weighted by molar-refractivity contribution is 0.304. The van der Waals surface area contributed by atoms with Gasteiger partial charge in [-0.05, 0) is 19.1 Å². The lowest BCUT2D eigenvalue weighted by Crippen LogP contribution is -2.17. The Balaban J connectivity index is 3.28. The molecule has 0 saturated heterocycles. The lowest BCUT2D eigenvalue weighted by atomic mass is 9.60. The first-order valence-corrected chi connectivity index (χ1v) is 6.96. The van der Waals surface area contributed by atoms with Crippen molar-refractivity contribution in [2.75, 3.05) is 6.61 Å². The van der Waals surface area contributed by atoms with Gasteiger partial charge in [0.25, 0.3) is 6.92 Å². The van der Waals surface area contributed by atoms with Crippen LogP contribution in [0.4, 0.5) is 0 Å². The van der Waals surface area contributed by atoms with Crippen molar-refractivity contribution in [3.05, 3.63) is 0 Å². The first kappa shape index (κ1) is 15.0. The summed E-state index contributed by atoms with van der Waals surface area (Å²) in [6.45, 7) is 8.26. The standard InChI is InChI=1S/C13H29BO/c1-4-7-8-9-10-13-15-14(11-5-2)12-6-3/h4-13H2,1-3H3. The minimum Gasteiger partial charge on any atom is -0.436 e. The van der Waals surface area contributed by atoms with Crippen LogP contribution in [0.1, 0.15) is 65.7 Å². The molecule has 0 aromatic rings. The molecule has 0 bridgehead atoms. The number of hydrogen-bond acceptors (Lipinski definition) is 1. The third-order valence-electron chi connectivity index (χ3n) is 2.82. The van der Waals surface area contributed by atoms with Crippen LogP contribution in [0, 0.1) is 0 Å². The summed E-state index contributed by atoms with van der Waals surface area (Å²) in [5.74, 6) is 0. The van der Waals surface area contributed by atoms with Gasteiger partial charge in [0.15, 0.2) is 0 Å². The van der Waals surface area contributed by atoms with Gasteiger partial charge >= 0.3 is 0 Å². The highest BCUT2D eigenvalue weighted by Crippen LogP contribution is 2.09. The summed E-state index contributed by atoms with van der Waals surface area (Å²) >= 11 is 0. The van der Waals surface area contributed by atoms with Crippen LogP contribution in [-0.4, -0.2) is 13.5 Å². The van der Waals surface area contributed by atoms with Gasteiger partial charge in [-0.25, -0.2) is 0 Å². The molecule has 2 heteroatoms. The van der Waals surface area contributed by atoms with E-state index in [-0.39, 0.29) is 0 Å². The minimum absolute atomic E-state index is 0.533. The van der Waals surface area contributed by atoms with E-state index in [1.165, 1.54) is 57.6 Å². The van der Waals surface area contributed by atoms with Gasteiger partial charge in [0.2, 0.25) is 0 Å². The summed E-state index contributed by atoms with van der Waals surface area (Å²) in [7, 11) is 0. The molecule has 0 radical (unpaired) electrons. The molecule has 0 aromatic heterocycles. The Morgan fingerprint density at radius 3 is 1.87 bits per heavy atom. The van der Waals surface area contributed by atoms with E-state index in [1.807, 2.05) is 0 Å². The zero-order valence-corrected chi connectivity index (χ0v) is 11.1. The van der Waals surface area contributed by atoms with Crippen molar-refractivity contribution in [3.8, 4) is 0 Å². The van der Waals surface area contributed by atoms with Gasteiger partial charge in [-0.3, -0.25) is 0 Å². The summed E-state index contributed by atoms with van der Waals surface area (Å²) in [6, 6.07) is 0. The van der Waals surface area contributed by atoms with E-state index >= 15 is 0 Å². The van der Waals surface area contributed by atoms with Crippen molar-refractivity contribution in [3.63, 3.8) is 0 Å². The van der Waals surface area contributed by atoms with E-state index in [1.54, 1.807) is 0 Å². The van der Waals surface area contributed by atoms with Crippen LogP contribution < -0.4 is 0 Å². The molecule has 0 aliphatic rings. The highest BCUT2D eigenvalue weighted by atomic mass is 16.4. The van der Waals surface area contributed by atoms with Crippen LogP contribution in [0.15, 0.2) is 0 Å². The van der Waals surface area contributed by atoms with E-state index in [0.29, 0.717) is 6.92 Å². The van der Waals surface area contributed by atoms with E-state index in [2.05, 4.69) is 20.8 Å². The zero-order valence-electron chi connectivity index (χ0n) is 11.1. The molecule has 0 N–H and O–H groups in total. The Kier molecular flexibility index (Phi) is 12.1. The first-order valence-electron chi connectivity index (χ1n) is 6.96. The fourth-order valence-corrected chi connectivity index (χ4v) is 1.91. The van der Waals surface area contributed by atoms with E-state index in [4.69, 9.17) is 4.65 Å². The number of unbranched alkanes of at least 4 members (excludes halogenated alkanes) is 4. The Morgan fingerprint density at radius 1 is 0.733 bits per heavy atom. The molecule has 0 aromatic carbocycles. The Bertz CT molecular complexity index is 111. The van der Waals surface area contributed by atoms with E-state index < -0.39 is 0 Å². The van der Waals surface area contributed by atoms with E-state index in [0.717, 1.165) is 6.61 Å². The average Bonchev–Trinajstić information content (AvgIpc) is 2.24. The third-order valence-corrected chi connectivity index (χ3v) is 2.82. The van der Waals surface area contributed by atoms with Gasteiger partial charge in [0.05, 0.1) is 0 Å². The topological polar surface area (TPSA) is 9.23 Å². The summed E-state index contributed by atoms with van der Waals surface area (Å²) in [6.07, 6.45) is 11.7. The maximum Gasteiger partial charge on any atom is 0.293 e. The predicted molar refractivity (Wildman–Crippen MR) is 70.7 cm³/mol. The molecule has 1 nitrogen and oxygen atoms in total. The fourth-order valence-electron chi connectivity index (χ4n) is 1.91. The molecule has 15 heavy (non-hydrogen) atoms. The molecular formula is C13H29BO. The Hall–Kier alpha value is 0.0249. The quantitative estimate of drug-likeness (QED) is 0.353. The highest BCUT2D eigenvalue weighted by molar-refractivity contribution is 6.51. The highest BCUT2D eigenvalue weighted by Gasteiger charge is 2.12. The predicted octanol–water partition coefficient (Wildman–Crippen LogP) is 4.78. The van der Waals surface area contributed by atoms with Gasteiger partial charge in [0, 0.05) is 6.61 Å². The molecule has 0 amide bonds. The molecule has 90 valence electrons. The summed E-state index contributed by atoms with van der Waals surface area (Å²) in [5, 5.41) is 0. The Labute approximate surface area is 97.1 Å². The van der Waals surface area contributed by atoms with Crippen molar-refractivity contribution < 1.29 is 4.65 Å². The molecule has 0 heterocycles. The number of hydrogen-bond donors (Lipinski definition) is 0. The molecule has 0 fully saturated rings. The summed E-state index contributed by atoms with van der Waals surface area (Å²) in [5.41, 5.74) is 0. The summed E-state index contributed by atoms with van der Waals surface area (Å²) < 4.78 is 5.90. The van der Waals surface area contributed by atoms with Gasteiger partial charge in [-0.1, -0.05) is 59.3 Å². The molecule has 0 saturated carbocycles. The van der Waals surface area contributed by atoms with E-state index in [9.17, 15) is 0 Å². The van der Waals surface area contributed by atoms with Crippen molar-refractivity contribution in [2.45, 2.75) is 78.4 Å². The van der Waals surface area contributed by atoms with Crippen LogP contribution in [0.2, 0.25) is 12.6 Å². The molecular weight excluding hydrogens is 183 g/mol. The first-order chi connectivity index (χ1) is 7.35. The lowest BCUT2D eigenvalue weighted by Gasteiger charge is -2.12. The molecule has 0 aliphatic carbocycles. The normalized spacial score (nSPS) is 10.6. The second-order valence-electron chi connectivity index (χ2n) is 4.48. The van der Waals surface area contributed by atoms with Gasteiger partial charge in [0.1, 0.15) is 0 Å². The van der Waals surface area contributed by atoms with Gasteiger partial charge in [-0.2, -0.15) is 0 Å². The maximum atomic E-state index is 5.90. The number of rotatable bonds is 11. The fraction of sp³-hybridized carbons (Fsp3) is 1.00. The molecule has 0 unspecified atom stereocenters. The van der Waals surface area contributed by atoms with Gasteiger partial charge < -0.3 is 4.65 Å². The molecule has 0 spiro atoms.